The number of sulfonamides is 1. The van der Waals surface area contributed by atoms with Gasteiger partial charge in [-0.25, -0.2) is 8.42 Å². The Morgan fingerprint density at radius 1 is 0.921 bits per heavy atom. The molecule has 0 saturated carbocycles. The lowest BCUT2D eigenvalue weighted by Crippen LogP contribution is -2.51. The zero-order valence-corrected chi connectivity index (χ0v) is 23.7. The number of rotatable bonds is 11. The molecule has 0 unspecified atom stereocenters. The lowest BCUT2D eigenvalue weighted by molar-refractivity contribution is -0.139. The maximum Gasteiger partial charge on any atom is 0.264 e. The van der Waals surface area contributed by atoms with Crippen molar-refractivity contribution in [2.75, 3.05) is 17.4 Å². The second-order valence-corrected chi connectivity index (χ2v) is 11.9. The maximum absolute atomic E-state index is 13.9. The zero-order chi connectivity index (χ0) is 27.9. The van der Waals surface area contributed by atoms with Gasteiger partial charge in [0.1, 0.15) is 12.6 Å². The first-order valence-electron chi connectivity index (χ1n) is 12.5. The number of aryl methyl sites for hydroxylation is 1. The van der Waals surface area contributed by atoms with E-state index in [-0.39, 0.29) is 23.3 Å². The van der Waals surface area contributed by atoms with E-state index >= 15 is 0 Å². The number of amides is 2. The molecule has 0 aromatic heterocycles. The first kappa shape index (κ1) is 29.2. The quantitative estimate of drug-likeness (QED) is 0.359. The highest BCUT2D eigenvalue weighted by molar-refractivity contribution is 7.92. The van der Waals surface area contributed by atoms with E-state index in [9.17, 15) is 18.0 Å². The summed E-state index contributed by atoms with van der Waals surface area (Å²) in [4.78, 5) is 28.3. The molecule has 1 N–H and O–H groups in total. The number of benzene rings is 3. The van der Waals surface area contributed by atoms with Crippen LogP contribution in [0.2, 0.25) is 5.02 Å². The largest absolute Gasteiger partial charge is 0.354 e. The molecule has 7 nitrogen and oxygen atoms in total. The van der Waals surface area contributed by atoms with E-state index in [0.29, 0.717) is 22.8 Å². The number of hydrogen-bond donors (Lipinski definition) is 1. The standard InChI is InChI=1S/C29H34ClN3O4S/c1-21(2)18-31-29(35)23(4)32(19-24-12-8-9-16-27(24)30)28(34)20-33(25-13-10-11-22(3)17-25)38(36,37)26-14-6-5-7-15-26/h5-17,21,23H,18-20H2,1-4H3,(H,31,35)/t23-/m1/s1. The van der Waals surface area contributed by atoms with Crippen LogP contribution in [0.3, 0.4) is 0 Å². The first-order valence-corrected chi connectivity index (χ1v) is 14.3. The number of halogens is 1. The minimum Gasteiger partial charge on any atom is -0.354 e. The second kappa shape index (κ2) is 12.9. The van der Waals surface area contributed by atoms with Crippen molar-refractivity contribution in [1.29, 1.82) is 0 Å². The van der Waals surface area contributed by atoms with Gasteiger partial charge in [0.2, 0.25) is 11.8 Å². The van der Waals surface area contributed by atoms with Gasteiger partial charge in [-0.2, -0.15) is 0 Å². The molecule has 9 heteroatoms. The number of nitrogens with one attached hydrogen (secondary N) is 1. The summed E-state index contributed by atoms with van der Waals surface area (Å²) in [5.41, 5.74) is 1.86. The summed E-state index contributed by atoms with van der Waals surface area (Å²) in [5.74, 6) is -0.628. The average Bonchev–Trinajstić information content (AvgIpc) is 2.89. The van der Waals surface area contributed by atoms with Crippen LogP contribution in [0.4, 0.5) is 5.69 Å². The van der Waals surface area contributed by atoms with E-state index in [0.717, 1.165) is 9.87 Å². The van der Waals surface area contributed by atoms with Crippen LogP contribution in [0.15, 0.2) is 83.8 Å². The van der Waals surface area contributed by atoms with Gasteiger partial charge < -0.3 is 10.2 Å². The summed E-state index contributed by atoms with van der Waals surface area (Å²) in [6.45, 7) is 7.44. The van der Waals surface area contributed by atoms with Gasteiger partial charge in [0.15, 0.2) is 0 Å². The molecule has 3 aromatic rings. The summed E-state index contributed by atoms with van der Waals surface area (Å²) < 4.78 is 28.6. The Balaban J connectivity index is 2.01. The smallest absolute Gasteiger partial charge is 0.264 e. The van der Waals surface area contributed by atoms with Crippen molar-refractivity contribution >= 4 is 39.1 Å². The van der Waals surface area contributed by atoms with Gasteiger partial charge in [-0.05, 0) is 61.2 Å². The molecule has 3 rings (SSSR count). The van der Waals surface area contributed by atoms with E-state index in [2.05, 4.69) is 5.32 Å². The fraction of sp³-hybridized carbons (Fsp3) is 0.310. The minimum absolute atomic E-state index is 0.0435. The lowest BCUT2D eigenvalue weighted by Gasteiger charge is -2.32. The van der Waals surface area contributed by atoms with Crippen molar-refractivity contribution in [3.8, 4) is 0 Å². The molecule has 2 amide bonds. The molecule has 0 aliphatic rings. The highest BCUT2D eigenvalue weighted by Crippen LogP contribution is 2.26. The molecule has 0 aliphatic heterocycles. The molecule has 0 aliphatic carbocycles. The molecule has 0 bridgehead atoms. The van der Waals surface area contributed by atoms with Crippen molar-refractivity contribution in [2.45, 2.75) is 45.2 Å². The molecule has 3 aromatic carbocycles. The van der Waals surface area contributed by atoms with Gasteiger partial charge >= 0.3 is 0 Å². The Labute approximate surface area is 230 Å². The third-order valence-electron chi connectivity index (χ3n) is 6.05. The van der Waals surface area contributed by atoms with Crippen LogP contribution < -0.4 is 9.62 Å². The summed E-state index contributed by atoms with van der Waals surface area (Å²) in [5, 5.41) is 3.32. The van der Waals surface area contributed by atoms with E-state index < -0.39 is 28.5 Å². The van der Waals surface area contributed by atoms with Crippen LogP contribution in [-0.4, -0.2) is 44.3 Å². The van der Waals surface area contributed by atoms with Crippen LogP contribution >= 0.6 is 11.6 Å². The van der Waals surface area contributed by atoms with Crippen LogP contribution in [0.1, 0.15) is 31.9 Å². The number of nitrogens with zero attached hydrogens (tertiary/aromatic N) is 2. The average molecular weight is 556 g/mol. The number of hydrogen-bond acceptors (Lipinski definition) is 4. The molecule has 0 fully saturated rings. The lowest BCUT2D eigenvalue weighted by atomic mass is 10.1. The first-order chi connectivity index (χ1) is 18.0. The van der Waals surface area contributed by atoms with Gasteiger partial charge in [0, 0.05) is 18.1 Å². The molecule has 202 valence electrons. The highest BCUT2D eigenvalue weighted by atomic mass is 35.5. The van der Waals surface area contributed by atoms with Crippen LogP contribution in [0.25, 0.3) is 0 Å². The Hall–Kier alpha value is -3.36. The maximum atomic E-state index is 13.9. The fourth-order valence-electron chi connectivity index (χ4n) is 3.88. The number of carbonyl (C=O) groups excluding carboxylic acids is 2. The molecular formula is C29H34ClN3O4S. The fourth-order valence-corrected chi connectivity index (χ4v) is 5.50. The van der Waals surface area contributed by atoms with E-state index in [4.69, 9.17) is 11.6 Å². The van der Waals surface area contributed by atoms with Crippen LogP contribution in [0, 0.1) is 12.8 Å². The van der Waals surface area contributed by atoms with Gasteiger partial charge in [-0.3, -0.25) is 13.9 Å². The monoisotopic (exact) mass is 555 g/mol. The summed E-state index contributed by atoms with van der Waals surface area (Å²) in [6, 6.07) is 21.1. The van der Waals surface area contributed by atoms with Gasteiger partial charge in [0.25, 0.3) is 10.0 Å². The third kappa shape index (κ3) is 7.36. The normalized spacial score (nSPS) is 12.2. The summed E-state index contributed by atoms with van der Waals surface area (Å²) in [7, 11) is -4.09. The van der Waals surface area contributed by atoms with Crippen LogP contribution in [0.5, 0.6) is 0 Å². The van der Waals surface area contributed by atoms with Crippen molar-refractivity contribution in [3.63, 3.8) is 0 Å². The Morgan fingerprint density at radius 3 is 2.21 bits per heavy atom. The number of carbonyl (C=O) groups is 2. The molecule has 0 spiro atoms. The van der Waals surface area contributed by atoms with Crippen LogP contribution in [-0.2, 0) is 26.2 Å². The minimum atomic E-state index is -4.09. The predicted octanol–water partition coefficient (Wildman–Crippen LogP) is 5.03. The third-order valence-corrected chi connectivity index (χ3v) is 8.21. The Bertz CT molecular complexity index is 1360. The van der Waals surface area contributed by atoms with Crippen molar-refractivity contribution in [2.24, 2.45) is 5.92 Å². The van der Waals surface area contributed by atoms with E-state index in [1.54, 1.807) is 67.6 Å². The van der Waals surface area contributed by atoms with E-state index in [1.807, 2.05) is 26.8 Å². The molecule has 1 atom stereocenters. The zero-order valence-electron chi connectivity index (χ0n) is 22.1. The van der Waals surface area contributed by atoms with Gasteiger partial charge in [0.05, 0.1) is 10.6 Å². The molecule has 38 heavy (non-hydrogen) atoms. The Kier molecular flexibility index (Phi) is 9.94. The highest BCUT2D eigenvalue weighted by Gasteiger charge is 2.32. The van der Waals surface area contributed by atoms with Crippen molar-refractivity contribution in [1.82, 2.24) is 10.2 Å². The summed E-state index contributed by atoms with van der Waals surface area (Å²) in [6.07, 6.45) is 0. The predicted molar refractivity (Wildman–Crippen MR) is 151 cm³/mol. The SMILES string of the molecule is Cc1cccc(N(CC(=O)N(Cc2ccccc2Cl)[C@H](C)C(=O)NCC(C)C)S(=O)(=O)c2ccccc2)c1. The molecule has 0 radical (unpaired) electrons. The number of anilines is 1. The van der Waals surface area contributed by atoms with Gasteiger partial charge in [-0.15, -0.1) is 0 Å². The molecule has 0 heterocycles. The van der Waals surface area contributed by atoms with Crippen molar-refractivity contribution < 1.29 is 18.0 Å². The Morgan fingerprint density at radius 2 is 1.58 bits per heavy atom. The molecule has 0 saturated heterocycles. The van der Waals surface area contributed by atoms with E-state index in [1.165, 1.54) is 17.0 Å². The van der Waals surface area contributed by atoms with Crippen molar-refractivity contribution in [3.05, 3.63) is 95.0 Å². The molecular weight excluding hydrogens is 522 g/mol. The van der Waals surface area contributed by atoms with Gasteiger partial charge in [-0.1, -0.05) is 74.0 Å². The topological polar surface area (TPSA) is 86.8 Å². The second-order valence-electron chi connectivity index (χ2n) is 9.59. The summed E-state index contributed by atoms with van der Waals surface area (Å²) >= 11 is 6.39.